The number of hydrogen-bond acceptors (Lipinski definition) is 2. The lowest BCUT2D eigenvalue weighted by atomic mass is 10.3. The summed E-state index contributed by atoms with van der Waals surface area (Å²) in [6.07, 6.45) is 5.76. The fraction of sp³-hybridized carbons (Fsp3) is 0.125. The molecule has 0 heterocycles. The average molecular weight is 153 g/mol. The van der Waals surface area contributed by atoms with Crippen LogP contribution in [0.4, 0.5) is 0 Å². The van der Waals surface area contributed by atoms with E-state index in [2.05, 4.69) is 11.9 Å². The van der Waals surface area contributed by atoms with Gasteiger partial charge in [-0.3, -0.25) is 0 Å². The summed E-state index contributed by atoms with van der Waals surface area (Å²) in [6, 6.07) is 0. The monoisotopic (exact) mass is 153 g/mol. The number of rotatable bonds is 4. The predicted molar refractivity (Wildman–Crippen MR) is 43.9 cm³/mol. The highest BCUT2D eigenvalue weighted by Crippen LogP contribution is 1.90. The zero-order valence-electron chi connectivity index (χ0n) is 6.37. The Balaban J connectivity index is 4.08. The van der Waals surface area contributed by atoms with Crippen LogP contribution >= 0.6 is 0 Å². The van der Waals surface area contributed by atoms with E-state index in [0.29, 0.717) is 5.70 Å². The van der Waals surface area contributed by atoms with Crippen molar-refractivity contribution in [2.24, 2.45) is 0 Å². The molecular weight excluding hydrogens is 142 g/mol. The van der Waals surface area contributed by atoms with E-state index < -0.39 is 5.97 Å². The Morgan fingerprint density at radius 3 is 2.55 bits per heavy atom. The Labute approximate surface area is 65.7 Å². The summed E-state index contributed by atoms with van der Waals surface area (Å²) < 4.78 is 0. The SMILES string of the molecule is C=CNC(=C\C)/C=C/C(=O)O. The zero-order chi connectivity index (χ0) is 8.69. The van der Waals surface area contributed by atoms with Crippen molar-refractivity contribution >= 4 is 5.97 Å². The third-order valence-electron chi connectivity index (χ3n) is 0.985. The fourth-order valence-corrected chi connectivity index (χ4v) is 0.507. The molecule has 0 aromatic rings. The number of hydrogen-bond donors (Lipinski definition) is 2. The molecule has 0 radical (unpaired) electrons. The van der Waals surface area contributed by atoms with Crippen molar-refractivity contribution in [3.8, 4) is 0 Å². The first-order valence-corrected chi connectivity index (χ1v) is 3.15. The second kappa shape index (κ2) is 5.29. The van der Waals surface area contributed by atoms with Crippen LogP contribution < -0.4 is 5.32 Å². The van der Waals surface area contributed by atoms with Crippen molar-refractivity contribution in [2.45, 2.75) is 6.92 Å². The summed E-state index contributed by atoms with van der Waals surface area (Å²) in [7, 11) is 0. The maximum atomic E-state index is 10.1. The van der Waals surface area contributed by atoms with Gasteiger partial charge in [-0.15, -0.1) is 0 Å². The van der Waals surface area contributed by atoms with Crippen molar-refractivity contribution < 1.29 is 9.90 Å². The lowest BCUT2D eigenvalue weighted by molar-refractivity contribution is -0.131. The standard InChI is InChI=1S/C8H11NO2/c1-3-7(9-4-2)5-6-8(10)11/h3-6,9H,2H2,1H3,(H,10,11)/b6-5+,7-3-. The van der Waals surface area contributed by atoms with E-state index in [0.717, 1.165) is 6.08 Å². The maximum Gasteiger partial charge on any atom is 0.328 e. The van der Waals surface area contributed by atoms with Gasteiger partial charge in [0.05, 0.1) is 0 Å². The summed E-state index contributed by atoms with van der Waals surface area (Å²) in [5, 5.41) is 11.0. The third kappa shape index (κ3) is 4.96. The highest BCUT2D eigenvalue weighted by Gasteiger charge is 1.87. The van der Waals surface area contributed by atoms with Crippen molar-refractivity contribution in [1.82, 2.24) is 5.32 Å². The summed E-state index contributed by atoms with van der Waals surface area (Å²) in [5.41, 5.74) is 0.711. The van der Waals surface area contributed by atoms with E-state index >= 15 is 0 Å². The summed E-state index contributed by atoms with van der Waals surface area (Å²) in [6.45, 7) is 5.25. The molecule has 0 saturated carbocycles. The van der Waals surface area contributed by atoms with Crippen LogP contribution in [0.5, 0.6) is 0 Å². The molecule has 0 fully saturated rings. The minimum atomic E-state index is -0.963. The number of allylic oxidation sites excluding steroid dienone is 2. The Morgan fingerprint density at radius 2 is 2.18 bits per heavy atom. The fourth-order valence-electron chi connectivity index (χ4n) is 0.507. The highest BCUT2D eigenvalue weighted by molar-refractivity contribution is 5.80. The molecule has 0 unspecified atom stereocenters. The van der Waals surface area contributed by atoms with Gasteiger partial charge in [0.1, 0.15) is 0 Å². The average Bonchev–Trinajstić information content (AvgIpc) is 1.97. The van der Waals surface area contributed by atoms with E-state index in [1.165, 1.54) is 12.3 Å². The van der Waals surface area contributed by atoms with Gasteiger partial charge in [-0.2, -0.15) is 0 Å². The van der Waals surface area contributed by atoms with Crippen LogP contribution in [-0.2, 0) is 4.79 Å². The smallest absolute Gasteiger partial charge is 0.328 e. The molecule has 0 bridgehead atoms. The molecule has 0 aliphatic rings. The lowest BCUT2D eigenvalue weighted by Crippen LogP contribution is -2.01. The quantitative estimate of drug-likeness (QED) is 0.472. The molecular formula is C8H11NO2. The van der Waals surface area contributed by atoms with Gasteiger partial charge in [0.15, 0.2) is 0 Å². The van der Waals surface area contributed by atoms with Crippen molar-refractivity contribution in [2.75, 3.05) is 0 Å². The summed E-state index contributed by atoms with van der Waals surface area (Å²) >= 11 is 0. The van der Waals surface area contributed by atoms with Crippen LogP contribution in [0.1, 0.15) is 6.92 Å². The molecule has 11 heavy (non-hydrogen) atoms. The molecule has 0 aromatic carbocycles. The molecule has 0 spiro atoms. The first kappa shape index (κ1) is 9.49. The Hall–Kier alpha value is -1.51. The molecule has 60 valence electrons. The second-order valence-corrected chi connectivity index (χ2v) is 1.76. The molecule has 3 heteroatoms. The number of nitrogens with one attached hydrogen (secondary N) is 1. The molecule has 0 atom stereocenters. The van der Waals surface area contributed by atoms with Gasteiger partial charge in [0.25, 0.3) is 0 Å². The topological polar surface area (TPSA) is 49.3 Å². The van der Waals surface area contributed by atoms with Gasteiger partial charge < -0.3 is 10.4 Å². The highest BCUT2D eigenvalue weighted by atomic mass is 16.4. The first-order valence-electron chi connectivity index (χ1n) is 3.15. The van der Waals surface area contributed by atoms with Crippen LogP contribution in [0.25, 0.3) is 0 Å². The van der Waals surface area contributed by atoms with Crippen LogP contribution in [0.15, 0.2) is 36.7 Å². The first-order chi connectivity index (χ1) is 5.20. The van der Waals surface area contributed by atoms with E-state index in [-0.39, 0.29) is 0 Å². The van der Waals surface area contributed by atoms with Gasteiger partial charge in [-0.05, 0) is 19.2 Å². The molecule has 2 N–H and O–H groups in total. The minimum Gasteiger partial charge on any atom is -0.478 e. The van der Waals surface area contributed by atoms with Crippen LogP contribution in [0, 0.1) is 0 Å². The van der Waals surface area contributed by atoms with E-state index in [1.54, 1.807) is 13.0 Å². The Kier molecular flexibility index (Phi) is 4.56. The molecule has 0 aliphatic carbocycles. The van der Waals surface area contributed by atoms with Gasteiger partial charge in [-0.1, -0.05) is 12.7 Å². The van der Waals surface area contributed by atoms with Crippen molar-refractivity contribution in [3.05, 3.63) is 36.7 Å². The van der Waals surface area contributed by atoms with Crippen LogP contribution in [-0.4, -0.2) is 11.1 Å². The molecule has 0 aromatic heterocycles. The number of carboxylic acids is 1. The summed E-state index contributed by atoms with van der Waals surface area (Å²) in [4.78, 5) is 10.1. The molecule has 0 amide bonds. The number of aliphatic carboxylic acids is 1. The normalized spacial score (nSPS) is 11.5. The van der Waals surface area contributed by atoms with E-state index in [4.69, 9.17) is 5.11 Å². The molecule has 0 aliphatic heterocycles. The molecule has 3 nitrogen and oxygen atoms in total. The van der Waals surface area contributed by atoms with Crippen LogP contribution in [0.2, 0.25) is 0 Å². The van der Waals surface area contributed by atoms with Crippen LogP contribution in [0.3, 0.4) is 0 Å². The van der Waals surface area contributed by atoms with Gasteiger partial charge in [0.2, 0.25) is 0 Å². The van der Waals surface area contributed by atoms with Crippen molar-refractivity contribution in [1.29, 1.82) is 0 Å². The van der Waals surface area contributed by atoms with E-state index in [1.807, 2.05) is 0 Å². The maximum absolute atomic E-state index is 10.1. The lowest BCUT2D eigenvalue weighted by Gasteiger charge is -1.97. The van der Waals surface area contributed by atoms with Crippen molar-refractivity contribution in [3.63, 3.8) is 0 Å². The zero-order valence-corrected chi connectivity index (χ0v) is 6.37. The Morgan fingerprint density at radius 1 is 1.55 bits per heavy atom. The minimum absolute atomic E-state index is 0.711. The van der Waals surface area contributed by atoms with Gasteiger partial charge in [-0.25, -0.2) is 4.79 Å². The second-order valence-electron chi connectivity index (χ2n) is 1.76. The molecule has 0 rings (SSSR count). The Bertz CT molecular complexity index is 204. The van der Waals surface area contributed by atoms with E-state index in [9.17, 15) is 4.79 Å². The van der Waals surface area contributed by atoms with Gasteiger partial charge >= 0.3 is 5.97 Å². The largest absolute Gasteiger partial charge is 0.478 e. The van der Waals surface area contributed by atoms with Gasteiger partial charge in [0, 0.05) is 11.8 Å². The predicted octanol–water partition coefficient (Wildman–Crippen LogP) is 1.26. The number of carboxylic acid groups (broad SMARTS) is 1. The number of carbonyl (C=O) groups is 1. The summed E-state index contributed by atoms with van der Waals surface area (Å²) in [5.74, 6) is -0.963. The third-order valence-corrected chi connectivity index (χ3v) is 0.985. The molecule has 0 saturated heterocycles.